The van der Waals surface area contributed by atoms with Crippen LogP contribution < -0.4 is 14.4 Å². The Morgan fingerprint density at radius 3 is 2.47 bits per heavy atom. The van der Waals surface area contributed by atoms with Gasteiger partial charge in [-0.3, -0.25) is 14.5 Å². The number of methoxy groups -OCH3 is 2. The van der Waals surface area contributed by atoms with Gasteiger partial charge in [-0.1, -0.05) is 24.3 Å². The normalized spacial score (nSPS) is 17.1. The topological polar surface area (TPSA) is 105 Å². The number of benzene rings is 3. The van der Waals surface area contributed by atoms with E-state index in [4.69, 9.17) is 9.47 Å². The van der Waals surface area contributed by atoms with E-state index in [0.29, 0.717) is 28.1 Å². The summed E-state index contributed by atoms with van der Waals surface area (Å²) >= 11 is 0. The van der Waals surface area contributed by atoms with Gasteiger partial charge < -0.3 is 19.6 Å². The van der Waals surface area contributed by atoms with Crippen LogP contribution in [0, 0.1) is 13.8 Å². The van der Waals surface area contributed by atoms with Gasteiger partial charge in [0, 0.05) is 0 Å². The molecule has 0 radical (unpaired) electrons. The number of Topliss-reactive ketones (excluding diaryl/α,β-unsaturated/α-hetero) is 1. The molecule has 8 heteroatoms. The van der Waals surface area contributed by atoms with Crippen LogP contribution in [0.5, 0.6) is 11.5 Å². The summed E-state index contributed by atoms with van der Waals surface area (Å²) in [4.78, 5) is 36.0. The van der Waals surface area contributed by atoms with E-state index in [1.165, 1.54) is 19.1 Å². The van der Waals surface area contributed by atoms with E-state index in [-0.39, 0.29) is 17.3 Å². The highest BCUT2D eigenvalue weighted by molar-refractivity contribution is 6.51. The molecule has 2 heterocycles. The fourth-order valence-corrected chi connectivity index (χ4v) is 4.53. The van der Waals surface area contributed by atoms with Crippen molar-refractivity contribution >= 4 is 34.4 Å². The number of aromatic nitrogens is 2. The molecule has 182 valence electrons. The van der Waals surface area contributed by atoms with Crippen LogP contribution in [0.2, 0.25) is 0 Å². The lowest BCUT2D eigenvalue weighted by molar-refractivity contribution is -0.132. The minimum atomic E-state index is -0.951. The lowest BCUT2D eigenvalue weighted by atomic mass is 9.95. The number of aromatic amines is 1. The predicted octanol–water partition coefficient (Wildman–Crippen LogP) is 4.82. The van der Waals surface area contributed by atoms with Crippen LogP contribution in [0.1, 0.15) is 28.3 Å². The maximum absolute atomic E-state index is 13.5. The fraction of sp³-hybridized carbons (Fsp3) is 0.179. The third-order valence-electron chi connectivity index (χ3n) is 6.53. The zero-order chi connectivity index (χ0) is 25.6. The molecule has 5 rings (SSSR count). The summed E-state index contributed by atoms with van der Waals surface area (Å²) in [5.74, 6) is -0.815. The number of carbonyl (C=O) groups is 2. The predicted molar refractivity (Wildman–Crippen MR) is 136 cm³/mol. The van der Waals surface area contributed by atoms with Gasteiger partial charge in [0.15, 0.2) is 0 Å². The number of aryl methyl sites for hydroxylation is 2. The molecule has 1 unspecified atom stereocenters. The number of ether oxygens (including phenoxy) is 2. The van der Waals surface area contributed by atoms with Gasteiger partial charge in [-0.2, -0.15) is 0 Å². The van der Waals surface area contributed by atoms with E-state index in [1.807, 2.05) is 26.0 Å². The average molecular weight is 484 g/mol. The van der Waals surface area contributed by atoms with Gasteiger partial charge in [-0.05, 0) is 66.9 Å². The summed E-state index contributed by atoms with van der Waals surface area (Å²) in [5, 5.41) is 11.4. The number of para-hydroxylation sites is 1. The monoisotopic (exact) mass is 483 g/mol. The largest absolute Gasteiger partial charge is 0.507 e. The summed E-state index contributed by atoms with van der Waals surface area (Å²) in [5.41, 5.74) is 4.36. The highest BCUT2D eigenvalue weighted by Crippen LogP contribution is 2.43. The molecule has 0 aliphatic carbocycles. The van der Waals surface area contributed by atoms with Gasteiger partial charge in [-0.25, -0.2) is 4.98 Å². The summed E-state index contributed by atoms with van der Waals surface area (Å²) in [6.45, 7) is 3.98. The third-order valence-corrected chi connectivity index (χ3v) is 6.53. The maximum Gasteiger partial charge on any atom is 0.302 e. The number of aliphatic hydroxyl groups is 1. The van der Waals surface area contributed by atoms with Crippen molar-refractivity contribution in [1.82, 2.24) is 9.97 Å². The first-order chi connectivity index (χ1) is 17.3. The number of rotatable bonds is 5. The van der Waals surface area contributed by atoms with Crippen molar-refractivity contribution in [2.75, 3.05) is 19.1 Å². The Bertz CT molecular complexity index is 1510. The number of anilines is 1. The first kappa shape index (κ1) is 23.2. The van der Waals surface area contributed by atoms with Crippen molar-refractivity contribution < 1.29 is 24.2 Å². The number of ketones is 1. The number of fused-ring (bicyclic) bond motifs is 1. The van der Waals surface area contributed by atoms with E-state index in [9.17, 15) is 14.7 Å². The second-order valence-electron chi connectivity index (χ2n) is 8.66. The summed E-state index contributed by atoms with van der Waals surface area (Å²) < 4.78 is 10.8. The van der Waals surface area contributed by atoms with E-state index in [0.717, 1.165) is 16.6 Å². The smallest absolute Gasteiger partial charge is 0.302 e. The van der Waals surface area contributed by atoms with Crippen LogP contribution in [0.15, 0.2) is 66.2 Å². The molecule has 1 amide bonds. The van der Waals surface area contributed by atoms with Crippen molar-refractivity contribution in [3.8, 4) is 11.5 Å². The molecule has 36 heavy (non-hydrogen) atoms. The number of hydrogen-bond acceptors (Lipinski definition) is 6. The molecule has 1 aliphatic rings. The number of nitrogens with zero attached hydrogens (tertiary/aromatic N) is 2. The number of imidazole rings is 1. The fourth-order valence-electron chi connectivity index (χ4n) is 4.53. The second kappa shape index (κ2) is 8.88. The van der Waals surface area contributed by atoms with Crippen LogP contribution in [-0.4, -0.2) is 41.0 Å². The average Bonchev–Trinajstić information content (AvgIpc) is 3.41. The van der Waals surface area contributed by atoms with Crippen LogP contribution in [0.3, 0.4) is 0 Å². The van der Waals surface area contributed by atoms with Gasteiger partial charge in [-0.15, -0.1) is 0 Å². The second-order valence-corrected chi connectivity index (χ2v) is 8.66. The molecule has 1 saturated heterocycles. The Hall–Kier alpha value is -4.59. The molecule has 1 aromatic heterocycles. The lowest BCUT2D eigenvalue weighted by Crippen LogP contribution is -2.30. The molecular weight excluding hydrogens is 458 g/mol. The molecule has 1 fully saturated rings. The van der Waals surface area contributed by atoms with E-state index < -0.39 is 17.7 Å². The Morgan fingerprint density at radius 2 is 1.72 bits per heavy atom. The van der Waals surface area contributed by atoms with Gasteiger partial charge >= 0.3 is 5.91 Å². The van der Waals surface area contributed by atoms with Gasteiger partial charge in [0.2, 0.25) is 5.95 Å². The molecule has 3 aromatic carbocycles. The van der Waals surface area contributed by atoms with Crippen LogP contribution in [0.4, 0.5) is 5.95 Å². The summed E-state index contributed by atoms with van der Waals surface area (Å²) in [7, 11) is 3.01. The quantitative estimate of drug-likeness (QED) is 0.240. The van der Waals surface area contributed by atoms with Crippen molar-refractivity contribution in [2.24, 2.45) is 0 Å². The SMILES string of the molecule is COc1cccc(C2/C(=C(\O)c3ccccc3OC)C(=O)C(=O)N2c2nc3cc(C)c(C)cc3[nH]2)c1. The summed E-state index contributed by atoms with van der Waals surface area (Å²) in [6, 6.07) is 16.8. The molecule has 1 atom stereocenters. The number of H-pyrrole nitrogens is 1. The van der Waals surface area contributed by atoms with Crippen LogP contribution >= 0.6 is 0 Å². The van der Waals surface area contributed by atoms with E-state index in [1.54, 1.807) is 48.5 Å². The van der Waals surface area contributed by atoms with Gasteiger partial charge in [0.1, 0.15) is 17.3 Å². The van der Waals surface area contributed by atoms with Crippen molar-refractivity contribution in [3.63, 3.8) is 0 Å². The number of aliphatic hydroxyl groups excluding tert-OH is 1. The number of amides is 1. The zero-order valence-electron chi connectivity index (χ0n) is 20.3. The maximum atomic E-state index is 13.5. The Morgan fingerprint density at radius 1 is 0.972 bits per heavy atom. The molecular formula is C28H25N3O5. The van der Waals surface area contributed by atoms with Crippen molar-refractivity contribution in [3.05, 3.63) is 88.5 Å². The molecule has 1 aliphatic heterocycles. The molecule has 0 saturated carbocycles. The van der Waals surface area contributed by atoms with Crippen LogP contribution in [-0.2, 0) is 9.59 Å². The Labute approximate surface area is 207 Å². The lowest BCUT2D eigenvalue weighted by Gasteiger charge is -2.23. The van der Waals surface area contributed by atoms with Crippen molar-refractivity contribution in [1.29, 1.82) is 0 Å². The van der Waals surface area contributed by atoms with E-state index >= 15 is 0 Å². The molecule has 8 nitrogen and oxygen atoms in total. The molecule has 4 aromatic rings. The highest BCUT2D eigenvalue weighted by atomic mass is 16.5. The standard InChI is InChI=1S/C28H25N3O5/c1-15-12-20-21(13-16(15)2)30-28(29-20)31-24(17-8-7-9-18(14-17)35-3)23(26(33)27(31)34)25(32)19-10-5-6-11-22(19)36-4/h5-14,24,32H,1-4H3,(H,29,30)/b25-23+. The third kappa shape index (κ3) is 3.67. The van der Waals surface area contributed by atoms with Gasteiger partial charge in [0.25, 0.3) is 5.78 Å². The van der Waals surface area contributed by atoms with Crippen LogP contribution in [0.25, 0.3) is 16.8 Å². The number of carbonyl (C=O) groups excluding carboxylic acids is 2. The van der Waals surface area contributed by atoms with Gasteiger partial charge in [0.05, 0.1) is 42.4 Å². The number of nitrogens with one attached hydrogen (secondary N) is 1. The number of hydrogen-bond donors (Lipinski definition) is 2. The Kier molecular flexibility index (Phi) is 5.72. The highest BCUT2D eigenvalue weighted by Gasteiger charge is 2.48. The molecule has 0 spiro atoms. The van der Waals surface area contributed by atoms with Crippen molar-refractivity contribution in [2.45, 2.75) is 19.9 Å². The minimum Gasteiger partial charge on any atom is -0.507 e. The molecule has 0 bridgehead atoms. The first-order valence-corrected chi connectivity index (χ1v) is 11.4. The molecule has 2 N–H and O–H groups in total. The Balaban J connectivity index is 1.76. The van der Waals surface area contributed by atoms with E-state index in [2.05, 4.69) is 9.97 Å². The first-order valence-electron chi connectivity index (χ1n) is 11.4. The minimum absolute atomic E-state index is 0.0643. The summed E-state index contributed by atoms with van der Waals surface area (Å²) in [6.07, 6.45) is 0. The zero-order valence-corrected chi connectivity index (χ0v) is 20.3.